The Morgan fingerprint density at radius 1 is 1.37 bits per heavy atom. The predicted octanol–water partition coefficient (Wildman–Crippen LogP) is 2.72. The van der Waals surface area contributed by atoms with Crippen LogP contribution in [-0.4, -0.2) is 29.9 Å². The summed E-state index contributed by atoms with van der Waals surface area (Å²) in [6, 6.07) is 7.50. The Kier molecular flexibility index (Phi) is 6.35. The minimum atomic E-state index is 0. The van der Waals surface area contributed by atoms with Crippen LogP contribution in [0.2, 0.25) is 5.02 Å². The predicted molar refractivity (Wildman–Crippen MR) is 81.5 cm³/mol. The molecule has 1 aliphatic heterocycles. The molecule has 1 unspecified atom stereocenters. The van der Waals surface area contributed by atoms with Crippen LogP contribution in [0.15, 0.2) is 30.3 Å². The summed E-state index contributed by atoms with van der Waals surface area (Å²) in [5.41, 5.74) is 6.82. The molecule has 2 rings (SSSR count). The topological polar surface area (TPSA) is 46.3 Å². The van der Waals surface area contributed by atoms with Crippen molar-refractivity contribution in [1.29, 1.82) is 0 Å². The number of nitrogens with zero attached hydrogens (tertiary/aromatic N) is 1. The molecule has 1 aliphatic rings. The molecule has 2 N–H and O–H groups in total. The standard InChI is InChI=1S/C14H17ClN2O.ClH/c15-12-6-3-11(4-7-12)5-8-14(18)17-9-1-2-13(16)10-17;/h3-8,13H,1-2,9-10,16H2;1H/b8-5+;. The smallest absolute Gasteiger partial charge is 0.246 e. The summed E-state index contributed by atoms with van der Waals surface area (Å²) in [5.74, 6) is 0.0279. The molecular formula is C14H18Cl2N2O. The van der Waals surface area contributed by atoms with Gasteiger partial charge in [-0.2, -0.15) is 0 Å². The third kappa shape index (κ3) is 4.86. The highest BCUT2D eigenvalue weighted by molar-refractivity contribution is 6.30. The molecule has 0 bridgehead atoms. The first-order valence-corrected chi connectivity index (χ1v) is 6.51. The van der Waals surface area contributed by atoms with Gasteiger partial charge in [0, 0.05) is 30.2 Å². The van der Waals surface area contributed by atoms with Crippen LogP contribution >= 0.6 is 24.0 Å². The number of carbonyl (C=O) groups is 1. The monoisotopic (exact) mass is 300 g/mol. The number of rotatable bonds is 2. The maximum absolute atomic E-state index is 11.9. The largest absolute Gasteiger partial charge is 0.338 e. The maximum atomic E-state index is 11.9. The Morgan fingerprint density at radius 3 is 2.68 bits per heavy atom. The molecule has 0 saturated carbocycles. The average molecular weight is 301 g/mol. The fraction of sp³-hybridized carbons (Fsp3) is 0.357. The molecule has 0 aliphatic carbocycles. The highest BCUT2D eigenvalue weighted by atomic mass is 35.5. The number of benzene rings is 1. The van der Waals surface area contributed by atoms with Gasteiger partial charge >= 0.3 is 0 Å². The van der Waals surface area contributed by atoms with E-state index in [1.54, 1.807) is 17.1 Å². The molecule has 1 fully saturated rings. The fourth-order valence-corrected chi connectivity index (χ4v) is 2.18. The van der Waals surface area contributed by atoms with Crippen LogP contribution < -0.4 is 5.73 Å². The van der Waals surface area contributed by atoms with Crippen molar-refractivity contribution < 1.29 is 4.79 Å². The first-order chi connectivity index (χ1) is 8.65. The Balaban J connectivity index is 0.00000180. The van der Waals surface area contributed by atoms with E-state index in [9.17, 15) is 4.79 Å². The zero-order valence-corrected chi connectivity index (χ0v) is 12.2. The van der Waals surface area contributed by atoms with Gasteiger partial charge in [-0.25, -0.2) is 0 Å². The van der Waals surface area contributed by atoms with Gasteiger partial charge in [0.15, 0.2) is 0 Å². The summed E-state index contributed by atoms with van der Waals surface area (Å²) in [4.78, 5) is 13.7. The highest BCUT2D eigenvalue weighted by Crippen LogP contribution is 2.12. The summed E-state index contributed by atoms with van der Waals surface area (Å²) >= 11 is 5.80. The zero-order chi connectivity index (χ0) is 13.0. The molecule has 0 aromatic heterocycles. The normalized spacial score (nSPS) is 19.3. The van der Waals surface area contributed by atoms with E-state index < -0.39 is 0 Å². The van der Waals surface area contributed by atoms with Crippen molar-refractivity contribution >= 4 is 36.0 Å². The van der Waals surface area contributed by atoms with E-state index >= 15 is 0 Å². The van der Waals surface area contributed by atoms with E-state index in [4.69, 9.17) is 17.3 Å². The molecule has 1 atom stereocenters. The van der Waals surface area contributed by atoms with Crippen molar-refractivity contribution in [2.24, 2.45) is 5.73 Å². The second-order valence-corrected chi connectivity index (χ2v) is 5.01. The van der Waals surface area contributed by atoms with Crippen LogP contribution in [0.25, 0.3) is 6.08 Å². The van der Waals surface area contributed by atoms with Crippen LogP contribution in [0.3, 0.4) is 0 Å². The Hall–Kier alpha value is -1.03. The van der Waals surface area contributed by atoms with Crippen molar-refractivity contribution in [2.45, 2.75) is 18.9 Å². The zero-order valence-electron chi connectivity index (χ0n) is 10.6. The lowest BCUT2D eigenvalue weighted by atomic mass is 10.1. The molecule has 5 heteroatoms. The van der Waals surface area contributed by atoms with Crippen LogP contribution in [0.1, 0.15) is 18.4 Å². The molecule has 19 heavy (non-hydrogen) atoms. The molecular weight excluding hydrogens is 283 g/mol. The Labute approximate surface area is 124 Å². The molecule has 104 valence electrons. The summed E-state index contributed by atoms with van der Waals surface area (Å²) < 4.78 is 0. The Bertz CT molecular complexity index is 445. The fourth-order valence-electron chi connectivity index (χ4n) is 2.06. The van der Waals surface area contributed by atoms with Crippen molar-refractivity contribution in [1.82, 2.24) is 4.90 Å². The molecule has 1 aromatic rings. The lowest BCUT2D eigenvalue weighted by molar-refractivity contribution is -0.127. The first kappa shape index (κ1) is 16.0. The summed E-state index contributed by atoms with van der Waals surface area (Å²) in [6.07, 6.45) is 5.40. The summed E-state index contributed by atoms with van der Waals surface area (Å²) in [7, 11) is 0. The number of hydrogen-bond acceptors (Lipinski definition) is 2. The van der Waals surface area contributed by atoms with E-state index in [0.29, 0.717) is 11.6 Å². The summed E-state index contributed by atoms with van der Waals surface area (Å²) in [6.45, 7) is 1.46. The van der Waals surface area contributed by atoms with Gasteiger partial charge in [0.2, 0.25) is 5.91 Å². The van der Waals surface area contributed by atoms with Gasteiger partial charge in [0.25, 0.3) is 0 Å². The number of piperidine rings is 1. The van der Waals surface area contributed by atoms with Gasteiger partial charge in [0.1, 0.15) is 0 Å². The van der Waals surface area contributed by atoms with Crippen molar-refractivity contribution in [3.8, 4) is 0 Å². The molecule has 0 spiro atoms. The van der Waals surface area contributed by atoms with Crippen molar-refractivity contribution in [2.75, 3.05) is 13.1 Å². The van der Waals surface area contributed by atoms with Crippen LogP contribution in [0.5, 0.6) is 0 Å². The lowest BCUT2D eigenvalue weighted by Gasteiger charge is -2.29. The van der Waals surface area contributed by atoms with Gasteiger partial charge in [-0.3, -0.25) is 4.79 Å². The second-order valence-electron chi connectivity index (χ2n) is 4.57. The second kappa shape index (κ2) is 7.53. The number of nitrogens with two attached hydrogens (primary N) is 1. The molecule has 0 radical (unpaired) electrons. The number of halogens is 2. The van der Waals surface area contributed by atoms with Gasteiger partial charge in [-0.1, -0.05) is 23.7 Å². The Morgan fingerprint density at radius 2 is 2.05 bits per heavy atom. The lowest BCUT2D eigenvalue weighted by Crippen LogP contribution is -2.45. The number of hydrogen-bond donors (Lipinski definition) is 1. The molecule has 1 saturated heterocycles. The third-order valence-electron chi connectivity index (χ3n) is 3.06. The quantitative estimate of drug-likeness (QED) is 0.854. The van der Waals surface area contributed by atoms with Crippen molar-refractivity contribution in [3.05, 3.63) is 40.9 Å². The van der Waals surface area contributed by atoms with Crippen LogP contribution in [-0.2, 0) is 4.79 Å². The number of amides is 1. The minimum Gasteiger partial charge on any atom is -0.338 e. The van der Waals surface area contributed by atoms with Gasteiger partial charge in [-0.15, -0.1) is 12.4 Å². The van der Waals surface area contributed by atoms with Gasteiger partial charge in [-0.05, 0) is 36.6 Å². The number of likely N-dealkylation sites (tertiary alicyclic amines) is 1. The molecule has 1 aromatic carbocycles. The maximum Gasteiger partial charge on any atom is 0.246 e. The van der Waals surface area contributed by atoms with Gasteiger partial charge < -0.3 is 10.6 Å². The van der Waals surface area contributed by atoms with E-state index in [0.717, 1.165) is 24.9 Å². The first-order valence-electron chi connectivity index (χ1n) is 6.13. The van der Waals surface area contributed by atoms with E-state index in [2.05, 4.69) is 0 Å². The van der Waals surface area contributed by atoms with Gasteiger partial charge in [0.05, 0.1) is 0 Å². The van der Waals surface area contributed by atoms with Crippen molar-refractivity contribution in [3.63, 3.8) is 0 Å². The minimum absolute atomic E-state index is 0. The van der Waals surface area contributed by atoms with E-state index in [1.807, 2.05) is 24.3 Å². The highest BCUT2D eigenvalue weighted by Gasteiger charge is 2.19. The van der Waals surface area contributed by atoms with Crippen LogP contribution in [0, 0.1) is 0 Å². The summed E-state index contributed by atoms with van der Waals surface area (Å²) in [5, 5.41) is 0.695. The SMILES string of the molecule is Cl.NC1CCCN(C(=O)/C=C/c2ccc(Cl)cc2)C1. The number of carbonyl (C=O) groups excluding carboxylic acids is 1. The van der Waals surface area contributed by atoms with E-state index in [1.165, 1.54) is 0 Å². The molecule has 3 nitrogen and oxygen atoms in total. The van der Waals surface area contributed by atoms with E-state index in [-0.39, 0.29) is 24.4 Å². The third-order valence-corrected chi connectivity index (χ3v) is 3.31. The molecule has 1 heterocycles. The average Bonchev–Trinajstić information content (AvgIpc) is 2.38. The van der Waals surface area contributed by atoms with Crippen LogP contribution in [0.4, 0.5) is 0 Å². The molecule has 1 amide bonds.